The Hall–Kier alpha value is -2.69. The summed E-state index contributed by atoms with van der Waals surface area (Å²) in [6.45, 7) is 3.03. The number of rotatable bonds is 10. The molecular weight excluding hydrogens is 428 g/mol. The van der Waals surface area contributed by atoms with Crippen LogP contribution in [0.5, 0.6) is 5.75 Å². The lowest BCUT2D eigenvalue weighted by Gasteiger charge is -2.17. The Labute approximate surface area is 188 Å². The van der Waals surface area contributed by atoms with Crippen molar-refractivity contribution in [2.75, 3.05) is 39.1 Å². The molecule has 4 rings (SSSR count). The molecule has 1 atom stereocenters. The first-order chi connectivity index (χ1) is 15.5. The maximum Gasteiger partial charge on any atom is 0.215 e. The molecule has 1 aliphatic heterocycles. The highest BCUT2D eigenvalue weighted by atomic mass is 32.2. The van der Waals surface area contributed by atoms with Gasteiger partial charge in [0.1, 0.15) is 6.33 Å². The molecule has 0 amide bonds. The van der Waals surface area contributed by atoms with Crippen molar-refractivity contribution < 1.29 is 13.2 Å². The fourth-order valence-electron chi connectivity index (χ4n) is 4.23. The van der Waals surface area contributed by atoms with Gasteiger partial charge < -0.3 is 19.9 Å². The SMILES string of the molecule is CNS(=O)(=O)Cc1ccc2[nH]cc(CCCN3CCC(Nc4ncncc4OC)C3)c2c1. The van der Waals surface area contributed by atoms with E-state index in [2.05, 4.69) is 29.9 Å². The van der Waals surface area contributed by atoms with Gasteiger partial charge in [0.05, 0.1) is 19.1 Å². The Morgan fingerprint density at radius 3 is 3.03 bits per heavy atom. The zero-order chi connectivity index (χ0) is 22.6. The van der Waals surface area contributed by atoms with Crippen LogP contribution in [0.4, 0.5) is 5.82 Å². The molecule has 32 heavy (non-hydrogen) atoms. The number of aromatic amines is 1. The maximum absolute atomic E-state index is 11.9. The van der Waals surface area contributed by atoms with E-state index in [9.17, 15) is 8.42 Å². The number of H-pyrrole nitrogens is 1. The molecule has 172 valence electrons. The number of sulfonamides is 1. The number of aryl methyl sites for hydroxylation is 1. The van der Waals surface area contributed by atoms with E-state index in [0.29, 0.717) is 11.8 Å². The second-order valence-electron chi connectivity index (χ2n) is 8.13. The molecule has 9 nitrogen and oxygen atoms in total. The minimum absolute atomic E-state index is 0.0106. The van der Waals surface area contributed by atoms with E-state index in [4.69, 9.17) is 4.74 Å². The molecule has 0 bridgehead atoms. The molecule has 1 aromatic carbocycles. The molecule has 0 saturated carbocycles. The van der Waals surface area contributed by atoms with Crippen LogP contribution in [0, 0.1) is 0 Å². The smallest absolute Gasteiger partial charge is 0.215 e. The molecule has 3 heterocycles. The van der Waals surface area contributed by atoms with E-state index in [0.717, 1.165) is 61.2 Å². The van der Waals surface area contributed by atoms with Crippen molar-refractivity contribution in [2.24, 2.45) is 0 Å². The Morgan fingerprint density at radius 1 is 1.34 bits per heavy atom. The largest absolute Gasteiger partial charge is 0.491 e. The molecule has 0 radical (unpaired) electrons. The van der Waals surface area contributed by atoms with Crippen molar-refractivity contribution in [1.82, 2.24) is 24.6 Å². The van der Waals surface area contributed by atoms with Gasteiger partial charge >= 0.3 is 0 Å². The van der Waals surface area contributed by atoms with E-state index in [-0.39, 0.29) is 5.75 Å². The van der Waals surface area contributed by atoms with Crippen LogP contribution in [0.1, 0.15) is 24.0 Å². The van der Waals surface area contributed by atoms with Crippen LogP contribution in [-0.2, 0) is 22.2 Å². The fraction of sp³-hybridized carbons (Fsp3) is 0.455. The predicted octanol–water partition coefficient (Wildman–Crippen LogP) is 2.13. The van der Waals surface area contributed by atoms with Crippen molar-refractivity contribution in [3.8, 4) is 5.75 Å². The molecule has 3 aromatic rings. The van der Waals surface area contributed by atoms with Crippen LogP contribution in [0.15, 0.2) is 36.9 Å². The highest BCUT2D eigenvalue weighted by molar-refractivity contribution is 7.88. The second-order valence-corrected chi connectivity index (χ2v) is 10.1. The number of nitrogens with zero attached hydrogens (tertiary/aromatic N) is 3. The molecular formula is C22H30N6O3S. The number of fused-ring (bicyclic) bond motifs is 1. The average Bonchev–Trinajstić information content (AvgIpc) is 3.41. The summed E-state index contributed by atoms with van der Waals surface area (Å²) in [6, 6.07) is 6.14. The number of anilines is 1. The van der Waals surface area contributed by atoms with Gasteiger partial charge in [0, 0.05) is 36.2 Å². The van der Waals surface area contributed by atoms with E-state index in [1.807, 2.05) is 24.4 Å². The van der Waals surface area contributed by atoms with Crippen LogP contribution < -0.4 is 14.8 Å². The molecule has 1 fully saturated rings. The first-order valence-electron chi connectivity index (χ1n) is 10.8. The Morgan fingerprint density at radius 2 is 2.22 bits per heavy atom. The fourth-order valence-corrected chi connectivity index (χ4v) is 4.99. The van der Waals surface area contributed by atoms with Gasteiger partial charge in [0.15, 0.2) is 11.6 Å². The maximum atomic E-state index is 11.9. The third-order valence-electron chi connectivity index (χ3n) is 5.93. The average molecular weight is 459 g/mol. The van der Waals surface area contributed by atoms with E-state index < -0.39 is 10.0 Å². The number of methoxy groups -OCH3 is 1. The van der Waals surface area contributed by atoms with Crippen LogP contribution in [0.25, 0.3) is 10.9 Å². The molecule has 1 aliphatic rings. The highest BCUT2D eigenvalue weighted by Gasteiger charge is 2.23. The van der Waals surface area contributed by atoms with Crippen LogP contribution in [-0.4, -0.2) is 68.1 Å². The monoisotopic (exact) mass is 458 g/mol. The van der Waals surface area contributed by atoms with Crippen LogP contribution in [0.3, 0.4) is 0 Å². The summed E-state index contributed by atoms with van der Waals surface area (Å²) in [5.41, 5.74) is 3.06. The number of aromatic nitrogens is 3. The van der Waals surface area contributed by atoms with Gasteiger partial charge in [-0.2, -0.15) is 0 Å². The lowest BCUT2D eigenvalue weighted by atomic mass is 10.1. The van der Waals surface area contributed by atoms with E-state index in [1.165, 1.54) is 18.9 Å². The van der Waals surface area contributed by atoms with E-state index >= 15 is 0 Å². The van der Waals surface area contributed by atoms with Crippen molar-refractivity contribution in [3.63, 3.8) is 0 Å². The minimum atomic E-state index is -3.29. The first kappa shape index (κ1) is 22.5. The number of nitrogens with one attached hydrogen (secondary N) is 3. The summed E-state index contributed by atoms with van der Waals surface area (Å²) < 4.78 is 31.5. The lowest BCUT2D eigenvalue weighted by Crippen LogP contribution is -2.27. The topological polar surface area (TPSA) is 112 Å². The summed E-state index contributed by atoms with van der Waals surface area (Å²) in [5, 5.41) is 4.57. The third-order valence-corrected chi connectivity index (χ3v) is 7.27. The number of hydrogen-bond donors (Lipinski definition) is 3. The third kappa shape index (κ3) is 5.37. The summed E-state index contributed by atoms with van der Waals surface area (Å²) >= 11 is 0. The number of benzene rings is 1. The summed E-state index contributed by atoms with van der Waals surface area (Å²) in [4.78, 5) is 14.1. The van der Waals surface area contributed by atoms with Gasteiger partial charge in [-0.1, -0.05) is 6.07 Å². The Balaban J connectivity index is 1.31. The van der Waals surface area contributed by atoms with Crippen molar-refractivity contribution in [2.45, 2.75) is 31.1 Å². The quantitative estimate of drug-likeness (QED) is 0.427. The second kappa shape index (κ2) is 9.85. The lowest BCUT2D eigenvalue weighted by molar-refractivity contribution is 0.331. The Bertz CT molecular complexity index is 1160. The molecule has 1 unspecified atom stereocenters. The minimum Gasteiger partial charge on any atom is -0.491 e. The van der Waals surface area contributed by atoms with E-state index in [1.54, 1.807) is 13.3 Å². The number of ether oxygens (including phenoxy) is 1. The molecule has 3 N–H and O–H groups in total. The van der Waals surface area contributed by atoms with Gasteiger partial charge in [-0.15, -0.1) is 0 Å². The van der Waals surface area contributed by atoms with Gasteiger partial charge in [-0.05, 0) is 56.1 Å². The van der Waals surface area contributed by atoms with Gasteiger partial charge in [-0.3, -0.25) is 0 Å². The summed E-state index contributed by atoms with van der Waals surface area (Å²) in [5.74, 6) is 1.39. The van der Waals surface area contributed by atoms with Crippen LogP contribution >= 0.6 is 0 Å². The zero-order valence-electron chi connectivity index (χ0n) is 18.5. The highest BCUT2D eigenvalue weighted by Crippen LogP contribution is 2.24. The molecule has 10 heteroatoms. The molecule has 1 saturated heterocycles. The standard InChI is InChI=1S/C22H30N6O3S/c1-23-32(29,30)14-16-5-6-20-19(10-16)17(11-25-20)4-3-8-28-9-7-18(13-28)27-22-21(31-2)12-24-15-26-22/h5-6,10-12,15,18,23,25H,3-4,7-9,13-14H2,1-2H3,(H,24,26,27). The summed E-state index contributed by atoms with van der Waals surface area (Å²) in [7, 11) is -0.220. The first-order valence-corrected chi connectivity index (χ1v) is 12.5. The molecule has 0 aliphatic carbocycles. The van der Waals surface area contributed by atoms with Crippen molar-refractivity contribution in [1.29, 1.82) is 0 Å². The van der Waals surface area contributed by atoms with Gasteiger partial charge in [0.25, 0.3) is 0 Å². The molecule has 2 aromatic heterocycles. The van der Waals surface area contributed by atoms with Crippen molar-refractivity contribution >= 4 is 26.7 Å². The Kier molecular flexibility index (Phi) is 6.92. The van der Waals surface area contributed by atoms with Gasteiger partial charge in [-0.25, -0.2) is 23.1 Å². The molecule has 0 spiro atoms. The zero-order valence-corrected chi connectivity index (χ0v) is 19.3. The normalized spacial score (nSPS) is 17.1. The van der Waals surface area contributed by atoms with Crippen molar-refractivity contribution in [3.05, 3.63) is 48.0 Å². The van der Waals surface area contributed by atoms with Gasteiger partial charge in [0.2, 0.25) is 10.0 Å². The summed E-state index contributed by atoms with van der Waals surface area (Å²) in [6.07, 6.45) is 8.27. The van der Waals surface area contributed by atoms with Crippen LogP contribution in [0.2, 0.25) is 0 Å². The number of hydrogen-bond acceptors (Lipinski definition) is 7. The number of likely N-dealkylation sites (tertiary alicyclic amines) is 1. The predicted molar refractivity (Wildman–Crippen MR) is 125 cm³/mol.